The minimum atomic E-state index is -0.762. The topological polar surface area (TPSA) is 102 Å². The lowest BCUT2D eigenvalue weighted by molar-refractivity contribution is -0.419. The molecule has 3 unspecified atom stereocenters. The van der Waals surface area contributed by atoms with Crippen LogP contribution in [0, 0.1) is 10.1 Å². The molecule has 0 spiro atoms. The predicted molar refractivity (Wildman–Crippen MR) is 110 cm³/mol. The molecule has 1 fully saturated rings. The molecule has 1 aromatic carbocycles. The zero-order chi connectivity index (χ0) is 20.8. The van der Waals surface area contributed by atoms with E-state index in [1.54, 1.807) is 12.2 Å². The molecule has 2 N–H and O–H groups in total. The largest absolute Gasteiger partial charge is 0.441 e. The lowest BCUT2D eigenvalue weighted by atomic mass is 10.0. The quantitative estimate of drug-likeness (QED) is 0.558. The van der Waals surface area contributed by atoms with E-state index in [1.165, 1.54) is 0 Å². The maximum absolute atomic E-state index is 11.4. The van der Waals surface area contributed by atoms with Gasteiger partial charge in [-0.1, -0.05) is 36.4 Å². The first-order valence-electron chi connectivity index (χ1n) is 9.96. The highest BCUT2D eigenvalue weighted by Crippen LogP contribution is 2.26. The molecule has 156 valence electrons. The average molecular weight is 400 g/mol. The number of hydrogen-bond donors (Lipinski definition) is 1. The number of carbonyl (C=O) groups excluding carboxylic acids is 1. The lowest BCUT2D eigenvalue weighted by Crippen LogP contribution is -2.52. The number of amides is 1. The van der Waals surface area contributed by atoms with E-state index >= 15 is 0 Å². The Hall–Kier alpha value is -2.71. The van der Waals surface area contributed by atoms with Crippen molar-refractivity contribution >= 4 is 6.09 Å². The fraction of sp³-hybridized carbons (Fsp3) is 0.476. The number of piperazine rings is 1. The summed E-state index contributed by atoms with van der Waals surface area (Å²) in [5, 5.41) is 10.8. The third-order valence-corrected chi connectivity index (χ3v) is 5.69. The number of allylic oxidation sites excluding steroid dienone is 1. The number of nitro groups is 1. The molecule has 3 rings (SSSR count). The smallest absolute Gasteiger partial charge is 0.405 e. The van der Waals surface area contributed by atoms with Crippen molar-refractivity contribution in [1.29, 1.82) is 0 Å². The molecular formula is C21H28N4O4. The molecule has 8 heteroatoms. The number of ether oxygens (including phenoxy) is 1. The van der Waals surface area contributed by atoms with Gasteiger partial charge in [-0.15, -0.1) is 0 Å². The normalized spacial score (nSPS) is 22.5. The van der Waals surface area contributed by atoms with Gasteiger partial charge in [0.2, 0.25) is 0 Å². The van der Waals surface area contributed by atoms with Crippen LogP contribution in [0.4, 0.5) is 4.79 Å². The zero-order valence-electron chi connectivity index (χ0n) is 16.6. The van der Waals surface area contributed by atoms with E-state index in [0.29, 0.717) is 12.8 Å². The van der Waals surface area contributed by atoms with E-state index < -0.39 is 6.09 Å². The van der Waals surface area contributed by atoms with Gasteiger partial charge in [0.15, 0.2) is 0 Å². The Morgan fingerprint density at radius 2 is 1.97 bits per heavy atom. The second-order valence-corrected chi connectivity index (χ2v) is 7.54. The van der Waals surface area contributed by atoms with Crippen LogP contribution in [-0.2, 0) is 4.74 Å². The van der Waals surface area contributed by atoms with Gasteiger partial charge in [-0.05, 0) is 25.0 Å². The van der Waals surface area contributed by atoms with Crippen LogP contribution in [-0.4, -0.2) is 59.1 Å². The summed E-state index contributed by atoms with van der Waals surface area (Å²) in [6.45, 7) is 5.73. The van der Waals surface area contributed by atoms with E-state index in [4.69, 9.17) is 10.5 Å². The first-order valence-corrected chi connectivity index (χ1v) is 9.96. The number of carbonyl (C=O) groups is 1. The zero-order valence-corrected chi connectivity index (χ0v) is 16.6. The van der Waals surface area contributed by atoms with Crippen LogP contribution in [0.1, 0.15) is 31.4 Å². The number of hydrogen-bond acceptors (Lipinski definition) is 6. The third kappa shape index (κ3) is 5.65. The predicted octanol–water partition coefficient (Wildman–Crippen LogP) is 2.71. The monoisotopic (exact) mass is 400 g/mol. The van der Waals surface area contributed by atoms with Crippen molar-refractivity contribution in [1.82, 2.24) is 9.80 Å². The number of primary amides is 1. The average Bonchev–Trinajstić information content (AvgIpc) is 2.73. The molecule has 1 aliphatic heterocycles. The Kier molecular flexibility index (Phi) is 7.00. The number of nitrogens with two attached hydrogens (primary N) is 1. The van der Waals surface area contributed by atoms with Gasteiger partial charge in [-0.2, -0.15) is 0 Å². The maximum Gasteiger partial charge on any atom is 0.405 e. The molecule has 8 nitrogen and oxygen atoms in total. The van der Waals surface area contributed by atoms with Crippen LogP contribution in [0.2, 0.25) is 0 Å². The Morgan fingerprint density at radius 3 is 2.52 bits per heavy atom. The molecule has 0 saturated carbocycles. The van der Waals surface area contributed by atoms with Crippen molar-refractivity contribution in [3.05, 3.63) is 69.9 Å². The molecule has 0 bridgehead atoms. The highest BCUT2D eigenvalue weighted by Gasteiger charge is 2.28. The minimum absolute atomic E-state index is 0.176. The molecule has 1 saturated heterocycles. The van der Waals surface area contributed by atoms with E-state index in [-0.39, 0.29) is 28.8 Å². The Labute approximate surface area is 170 Å². The van der Waals surface area contributed by atoms with Crippen LogP contribution in [0.15, 0.2) is 54.3 Å². The Balaban J connectivity index is 1.53. The summed E-state index contributed by atoms with van der Waals surface area (Å²) in [5.41, 5.74) is 6.40. The summed E-state index contributed by atoms with van der Waals surface area (Å²) in [7, 11) is 0. The number of rotatable bonds is 7. The SMILES string of the molecule is CC(CC(OC(N)=O)c1ccccc1)N1CCN(C2C=CC([N+](=O)[O-])=CC2)CC1. The van der Waals surface area contributed by atoms with Gasteiger partial charge >= 0.3 is 6.09 Å². The fourth-order valence-electron chi connectivity index (χ4n) is 4.03. The Bertz CT molecular complexity index is 772. The van der Waals surface area contributed by atoms with Gasteiger partial charge < -0.3 is 10.5 Å². The second kappa shape index (κ2) is 9.67. The van der Waals surface area contributed by atoms with Gasteiger partial charge in [0.1, 0.15) is 6.10 Å². The van der Waals surface area contributed by atoms with E-state index in [2.05, 4.69) is 16.7 Å². The molecule has 3 atom stereocenters. The van der Waals surface area contributed by atoms with Crippen molar-refractivity contribution in [3.8, 4) is 0 Å². The van der Waals surface area contributed by atoms with Crippen molar-refractivity contribution < 1.29 is 14.5 Å². The standard InChI is InChI=1S/C21H28N4O4/c1-16(15-20(29-21(22)26)17-5-3-2-4-6-17)23-11-13-24(14-12-23)18-7-9-19(10-8-18)25(27)28/h2-7,9-10,16,18,20H,8,11-15H2,1H3,(H2,22,26). The molecule has 29 heavy (non-hydrogen) atoms. The summed E-state index contributed by atoms with van der Waals surface area (Å²) in [4.78, 5) is 26.6. The van der Waals surface area contributed by atoms with Gasteiger partial charge in [-0.3, -0.25) is 19.9 Å². The van der Waals surface area contributed by atoms with Gasteiger partial charge in [-0.25, -0.2) is 4.79 Å². The summed E-state index contributed by atoms with van der Waals surface area (Å²) in [5.74, 6) is 0. The maximum atomic E-state index is 11.4. The second-order valence-electron chi connectivity index (χ2n) is 7.54. The highest BCUT2D eigenvalue weighted by molar-refractivity contribution is 5.65. The van der Waals surface area contributed by atoms with E-state index in [0.717, 1.165) is 31.7 Å². The molecule has 2 aliphatic rings. The number of benzene rings is 1. The summed E-state index contributed by atoms with van der Waals surface area (Å²) in [6, 6.07) is 10.1. The summed E-state index contributed by atoms with van der Waals surface area (Å²) < 4.78 is 5.37. The molecule has 1 amide bonds. The highest BCUT2D eigenvalue weighted by atomic mass is 16.6. The third-order valence-electron chi connectivity index (χ3n) is 5.69. The minimum Gasteiger partial charge on any atom is -0.441 e. The van der Waals surface area contributed by atoms with Crippen molar-refractivity contribution in [2.24, 2.45) is 5.73 Å². The summed E-state index contributed by atoms with van der Waals surface area (Å²) >= 11 is 0. The van der Waals surface area contributed by atoms with Crippen LogP contribution < -0.4 is 5.73 Å². The van der Waals surface area contributed by atoms with E-state index in [9.17, 15) is 14.9 Å². The van der Waals surface area contributed by atoms with Gasteiger partial charge in [0.25, 0.3) is 5.70 Å². The van der Waals surface area contributed by atoms with Crippen LogP contribution in [0.25, 0.3) is 0 Å². The van der Waals surface area contributed by atoms with Gasteiger partial charge in [0.05, 0.1) is 4.92 Å². The van der Waals surface area contributed by atoms with Crippen molar-refractivity contribution in [2.45, 2.75) is 38.0 Å². The molecule has 1 aromatic rings. The molecule has 0 radical (unpaired) electrons. The van der Waals surface area contributed by atoms with Crippen LogP contribution in [0.5, 0.6) is 0 Å². The van der Waals surface area contributed by atoms with E-state index in [1.807, 2.05) is 36.4 Å². The summed E-state index contributed by atoms with van der Waals surface area (Å²) in [6.07, 6.45) is 5.45. The Morgan fingerprint density at radius 1 is 1.28 bits per heavy atom. The lowest BCUT2D eigenvalue weighted by Gasteiger charge is -2.41. The van der Waals surface area contributed by atoms with Crippen molar-refractivity contribution in [3.63, 3.8) is 0 Å². The molecular weight excluding hydrogens is 372 g/mol. The number of nitrogens with zero attached hydrogens (tertiary/aromatic N) is 3. The van der Waals surface area contributed by atoms with Crippen LogP contribution in [0.3, 0.4) is 0 Å². The van der Waals surface area contributed by atoms with Crippen molar-refractivity contribution in [2.75, 3.05) is 26.2 Å². The molecule has 0 aromatic heterocycles. The fourth-order valence-corrected chi connectivity index (χ4v) is 4.03. The molecule has 1 heterocycles. The van der Waals surface area contributed by atoms with Crippen LogP contribution >= 0.6 is 0 Å². The molecule has 1 aliphatic carbocycles. The first kappa shape index (κ1) is 21.0. The van der Waals surface area contributed by atoms with Gasteiger partial charge in [0, 0.05) is 50.8 Å². The first-order chi connectivity index (χ1) is 13.9.